The number of nitrogens with two attached hydrogens (primary N) is 1. The molecule has 1 fully saturated rings. The molecule has 0 atom stereocenters. The predicted octanol–water partition coefficient (Wildman–Crippen LogP) is 2.64. The highest BCUT2D eigenvalue weighted by molar-refractivity contribution is 5.83. The highest BCUT2D eigenvalue weighted by Gasteiger charge is 2.21. The lowest BCUT2D eigenvalue weighted by atomic mass is 10.1. The smallest absolute Gasteiger partial charge is 0.156 e. The van der Waals surface area contributed by atoms with E-state index in [1.807, 2.05) is 31.2 Å². The first-order chi connectivity index (χ1) is 10.2. The number of hydrogen-bond acceptors (Lipinski definition) is 5. The molecular formula is C16H20N4O. The van der Waals surface area contributed by atoms with Crippen LogP contribution < -0.4 is 15.4 Å². The maximum absolute atomic E-state index is 6.37. The molecule has 5 nitrogen and oxygen atoms in total. The summed E-state index contributed by atoms with van der Waals surface area (Å²) in [6.45, 7) is 3.91. The van der Waals surface area contributed by atoms with Crippen LogP contribution in [0.2, 0.25) is 0 Å². The third-order valence-electron chi connectivity index (χ3n) is 3.81. The van der Waals surface area contributed by atoms with Crippen molar-refractivity contribution < 1.29 is 4.74 Å². The van der Waals surface area contributed by atoms with Gasteiger partial charge >= 0.3 is 0 Å². The fourth-order valence-electron chi connectivity index (χ4n) is 2.78. The summed E-state index contributed by atoms with van der Waals surface area (Å²) in [5, 5.41) is 0. The Kier molecular flexibility index (Phi) is 3.64. The third-order valence-corrected chi connectivity index (χ3v) is 3.81. The Hall–Kier alpha value is -2.30. The van der Waals surface area contributed by atoms with Crippen LogP contribution in [0.25, 0.3) is 11.3 Å². The number of aryl methyl sites for hydroxylation is 1. The number of rotatable bonds is 3. The largest absolute Gasteiger partial charge is 0.496 e. The average molecular weight is 284 g/mol. The minimum absolute atomic E-state index is 0.631. The molecule has 0 amide bonds. The van der Waals surface area contributed by atoms with Crippen molar-refractivity contribution in [2.24, 2.45) is 0 Å². The van der Waals surface area contributed by atoms with Gasteiger partial charge in [-0.2, -0.15) is 0 Å². The van der Waals surface area contributed by atoms with Crippen LogP contribution >= 0.6 is 0 Å². The number of anilines is 2. The van der Waals surface area contributed by atoms with Gasteiger partial charge in [0, 0.05) is 18.7 Å². The van der Waals surface area contributed by atoms with Crippen molar-refractivity contribution in [1.29, 1.82) is 0 Å². The first-order valence-corrected chi connectivity index (χ1v) is 7.23. The van der Waals surface area contributed by atoms with E-state index in [1.165, 1.54) is 12.8 Å². The zero-order valence-electron chi connectivity index (χ0n) is 12.5. The highest BCUT2D eigenvalue weighted by Crippen LogP contribution is 2.36. The SMILES string of the molecule is COc1ccccc1-c1nc(C)nc(N2CCCC2)c1N. The number of nitrogens with zero attached hydrogens (tertiary/aromatic N) is 3. The van der Waals surface area contributed by atoms with Gasteiger partial charge < -0.3 is 15.4 Å². The number of para-hydroxylation sites is 1. The quantitative estimate of drug-likeness (QED) is 0.938. The molecular weight excluding hydrogens is 264 g/mol. The first kappa shape index (κ1) is 13.7. The summed E-state index contributed by atoms with van der Waals surface area (Å²) in [5.74, 6) is 2.35. The average Bonchev–Trinajstić information content (AvgIpc) is 3.03. The molecule has 110 valence electrons. The molecule has 2 N–H and O–H groups in total. The van der Waals surface area contributed by atoms with E-state index in [4.69, 9.17) is 10.5 Å². The number of benzene rings is 1. The number of hydrogen-bond donors (Lipinski definition) is 1. The van der Waals surface area contributed by atoms with Crippen LogP contribution in [0.4, 0.5) is 11.5 Å². The summed E-state index contributed by atoms with van der Waals surface area (Å²) in [6.07, 6.45) is 2.37. The molecule has 0 radical (unpaired) electrons. The predicted molar refractivity (Wildman–Crippen MR) is 84.6 cm³/mol. The van der Waals surface area contributed by atoms with Gasteiger partial charge in [-0.15, -0.1) is 0 Å². The first-order valence-electron chi connectivity index (χ1n) is 7.23. The van der Waals surface area contributed by atoms with Crippen LogP contribution in [0.1, 0.15) is 18.7 Å². The molecule has 1 aliphatic rings. The Balaban J connectivity index is 2.14. The van der Waals surface area contributed by atoms with Gasteiger partial charge in [0.2, 0.25) is 0 Å². The van der Waals surface area contributed by atoms with Crippen molar-refractivity contribution >= 4 is 11.5 Å². The zero-order chi connectivity index (χ0) is 14.8. The van der Waals surface area contributed by atoms with Crippen LogP contribution in [0.15, 0.2) is 24.3 Å². The van der Waals surface area contributed by atoms with Crippen LogP contribution in [-0.4, -0.2) is 30.2 Å². The van der Waals surface area contributed by atoms with E-state index in [9.17, 15) is 0 Å². The lowest BCUT2D eigenvalue weighted by Gasteiger charge is -2.21. The molecule has 0 aliphatic carbocycles. The number of methoxy groups -OCH3 is 1. The lowest BCUT2D eigenvalue weighted by molar-refractivity contribution is 0.416. The van der Waals surface area contributed by atoms with E-state index in [1.54, 1.807) is 7.11 Å². The molecule has 2 aromatic rings. The molecule has 1 saturated heterocycles. The number of aromatic nitrogens is 2. The second-order valence-corrected chi connectivity index (χ2v) is 5.25. The van der Waals surface area contributed by atoms with E-state index in [-0.39, 0.29) is 0 Å². The second kappa shape index (κ2) is 5.60. The maximum Gasteiger partial charge on any atom is 0.156 e. The molecule has 0 saturated carbocycles. The summed E-state index contributed by atoms with van der Waals surface area (Å²) in [5.41, 5.74) is 8.65. The van der Waals surface area contributed by atoms with Crippen LogP contribution in [0, 0.1) is 6.92 Å². The number of nitrogen functional groups attached to an aromatic ring is 1. The van der Waals surface area contributed by atoms with Crippen molar-refractivity contribution in [3.05, 3.63) is 30.1 Å². The minimum Gasteiger partial charge on any atom is -0.496 e. The van der Waals surface area contributed by atoms with Gasteiger partial charge in [0.1, 0.15) is 23.0 Å². The third kappa shape index (κ3) is 2.51. The molecule has 1 aliphatic heterocycles. The summed E-state index contributed by atoms with van der Waals surface area (Å²) in [7, 11) is 1.66. The van der Waals surface area contributed by atoms with Crippen molar-refractivity contribution in [2.45, 2.75) is 19.8 Å². The van der Waals surface area contributed by atoms with Crippen LogP contribution in [-0.2, 0) is 0 Å². The van der Waals surface area contributed by atoms with E-state index < -0.39 is 0 Å². The monoisotopic (exact) mass is 284 g/mol. The molecule has 5 heteroatoms. The Morgan fingerprint density at radius 3 is 2.57 bits per heavy atom. The van der Waals surface area contributed by atoms with Gasteiger partial charge in [0.25, 0.3) is 0 Å². The maximum atomic E-state index is 6.37. The Morgan fingerprint density at radius 1 is 1.14 bits per heavy atom. The molecule has 0 bridgehead atoms. The lowest BCUT2D eigenvalue weighted by Crippen LogP contribution is -2.21. The summed E-state index contributed by atoms with van der Waals surface area (Å²) >= 11 is 0. The van der Waals surface area contributed by atoms with Crippen molar-refractivity contribution in [3.8, 4) is 17.0 Å². The number of ether oxygens (including phenoxy) is 1. The molecule has 1 aromatic carbocycles. The van der Waals surface area contributed by atoms with Crippen molar-refractivity contribution in [1.82, 2.24) is 9.97 Å². The van der Waals surface area contributed by atoms with Gasteiger partial charge in [-0.05, 0) is 31.9 Å². The van der Waals surface area contributed by atoms with Gasteiger partial charge in [-0.1, -0.05) is 12.1 Å². The van der Waals surface area contributed by atoms with Crippen LogP contribution in [0.3, 0.4) is 0 Å². The molecule has 21 heavy (non-hydrogen) atoms. The molecule has 2 heterocycles. The zero-order valence-corrected chi connectivity index (χ0v) is 12.5. The van der Waals surface area contributed by atoms with Gasteiger partial charge in [0.15, 0.2) is 5.82 Å². The minimum atomic E-state index is 0.631. The van der Waals surface area contributed by atoms with E-state index in [0.717, 1.165) is 41.7 Å². The Morgan fingerprint density at radius 2 is 1.86 bits per heavy atom. The van der Waals surface area contributed by atoms with E-state index >= 15 is 0 Å². The van der Waals surface area contributed by atoms with Crippen molar-refractivity contribution in [3.63, 3.8) is 0 Å². The summed E-state index contributed by atoms with van der Waals surface area (Å²) in [4.78, 5) is 11.3. The van der Waals surface area contributed by atoms with Crippen molar-refractivity contribution in [2.75, 3.05) is 30.8 Å². The van der Waals surface area contributed by atoms with Gasteiger partial charge in [-0.25, -0.2) is 9.97 Å². The van der Waals surface area contributed by atoms with Gasteiger partial charge in [-0.3, -0.25) is 0 Å². The fraction of sp³-hybridized carbons (Fsp3) is 0.375. The van der Waals surface area contributed by atoms with E-state index in [0.29, 0.717) is 5.69 Å². The standard InChI is InChI=1S/C16H20N4O/c1-11-18-15(12-7-3-4-8-13(12)21-2)14(17)16(19-11)20-9-5-6-10-20/h3-4,7-8H,5-6,9-10,17H2,1-2H3. The van der Waals surface area contributed by atoms with E-state index in [2.05, 4.69) is 14.9 Å². The normalized spacial score (nSPS) is 14.5. The Labute approximate surface area is 124 Å². The topological polar surface area (TPSA) is 64.3 Å². The Bertz CT molecular complexity index is 651. The summed E-state index contributed by atoms with van der Waals surface area (Å²) < 4.78 is 5.43. The molecule has 0 unspecified atom stereocenters. The summed E-state index contributed by atoms with van der Waals surface area (Å²) in [6, 6.07) is 7.80. The van der Waals surface area contributed by atoms with Crippen LogP contribution in [0.5, 0.6) is 5.75 Å². The fourth-order valence-corrected chi connectivity index (χ4v) is 2.78. The van der Waals surface area contributed by atoms with Gasteiger partial charge in [0.05, 0.1) is 7.11 Å². The molecule has 0 spiro atoms. The molecule has 3 rings (SSSR count). The second-order valence-electron chi connectivity index (χ2n) is 5.25. The molecule has 1 aromatic heterocycles. The highest BCUT2D eigenvalue weighted by atomic mass is 16.5.